The zero-order valence-corrected chi connectivity index (χ0v) is 18.2. The molecule has 6 heteroatoms. The molecule has 0 saturated carbocycles. The van der Waals surface area contributed by atoms with Crippen LogP contribution < -0.4 is 4.74 Å². The molecule has 2 heterocycles. The van der Waals surface area contributed by atoms with Gasteiger partial charge in [-0.05, 0) is 48.2 Å². The molecule has 2 aliphatic rings. The summed E-state index contributed by atoms with van der Waals surface area (Å²) in [5.74, 6) is 1.11. The second-order valence-electron chi connectivity index (χ2n) is 8.12. The molecule has 0 atom stereocenters. The monoisotopic (exact) mass is 428 g/mol. The Bertz CT molecular complexity index is 840. The molecular weight excluding hydrogens is 400 g/mol. The van der Waals surface area contributed by atoms with Crippen LogP contribution in [0.15, 0.2) is 48.5 Å². The fourth-order valence-corrected chi connectivity index (χ4v) is 4.64. The molecular formula is C24H29ClN2O3. The first-order chi connectivity index (χ1) is 14.6. The molecule has 1 amide bonds. The summed E-state index contributed by atoms with van der Waals surface area (Å²) in [7, 11) is 1.68. The Labute approximate surface area is 183 Å². The average Bonchev–Trinajstić information content (AvgIpc) is 2.80. The molecule has 0 spiro atoms. The third-order valence-electron chi connectivity index (χ3n) is 6.38. The number of nitrogens with zero attached hydrogens (tertiary/aromatic N) is 2. The fraction of sp³-hybridized carbons (Fsp3) is 0.458. The Morgan fingerprint density at radius 1 is 1.00 bits per heavy atom. The van der Waals surface area contributed by atoms with Crippen molar-refractivity contribution in [2.24, 2.45) is 0 Å². The maximum absolute atomic E-state index is 13.7. The van der Waals surface area contributed by atoms with Gasteiger partial charge in [-0.15, -0.1) is 0 Å². The van der Waals surface area contributed by atoms with E-state index in [9.17, 15) is 4.79 Å². The van der Waals surface area contributed by atoms with Gasteiger partial charge in [-0.2, -0.15) is 0 Å². The summed E-state index contributed by atoms with van der Waals surface area (Å²) in [6.45, 7) is 5.39. The third kappa shape index (κ3) is 4.48. The minimum absolute atomic E-state index is 0.234. The van der Waals surface area contributed by atoms with Gasteiger partial charge in [-0.3, -0.25) is 9.69 Å². The summed E-state index contributed by atoms with van der Waals surface area (Å²) in [6, 6.07) is 16.0. The van der Waals surface area contributed by atoms with Gasteiger partial charge < -0.3 is 14.4 Å². The largest absolute Gasteiger partial charge is 0.497 e. The molecule has 0 N–H and O–H groups in total. The highest BCUT2D eigenvalue weighted by atomic mass is 35.5. The van der Waals surface area contributed by atoms with Gasteiger partial charge in [-0.1, -0.05) is 35.9 Å². The standard InChI is InChI=1S/C24H29ClN2O3/c1-29-22-8-2-19(3-9-22)18-26-12-14-27(15-13-26)23(28)24(10-16-30-17-11-24)20-4-6-21(25)7-5-20/h2-9H,10-18H2,1H3. The number of carbonyl (C=O) groups is 1. The van der Waals surface area contributed by atoms with Crippen LogP contribution in [0.25, 0.3) is 0 Å². The van der Waals surface area contributed by atoms with Crippen LogP contribution in [0, 0.1) is 0 Å². The Balaban J connectivity index is 1.42. The quantitative estimate of drug-likeness (QED) is 0.727. The highest BCUT2D eigenvalue weighted by molar-refractivity contribution is 6.30. The van der Waals surface area contributed by atoms with Crippen LogP contribution in [0.1, 0.15) is 24.0 Å². The first kappa shape index (κ1) is 21.2. The number of methoxy groups -OCH3 is 1. The van der Waals surface area contributed by atoms with E-state index < -0.39 is 5.41 Å². The van der Waals surface area contributed by atoms with Crippen LogP contribution in [0.4, 0.5) is 0 Å². The lowest BCUT2D eigenvalue weighted by Gasteiger charge is -2.43. The van der Waals surface area contributed by atoms with Crippen molar-refractivity contribution in [1.82, 2.24) is 9.80 Å². The second kappa shape index (κ2) is 9.38. The second-order valence-corrected chi connectivity index (χ2v) is 8.55. The molecule has 2 aliphatic heterocycles. The van der Waals surface area contributed by atoms with Gasteiger partial charge in [0.15, 0.2) is 0 Å². The number of piperazine rings is 1. The predicted molar refractivity (Wildman–Crippen MR) is 118 cm³/mol. The molecule has 2 saturated heterocycles. The number of ether oxygens (including phenoxy) is 2. The van der Waals surface area contributed by atoms with Crippen molar-refractivity contribution in [3.05, 3.63) is 64.7 Å². The normalized spacial score (nSPS) is 19.5. The van der Waals surface area contributed by atoms with E-state index >= 15 is 0 Å². The van der Waals surface area contributed by atoms with Gasteiger partial charge in [0.25, 0.3) is 0 Å². The summed E-state index contributed by atoms with van der Waals surface area (Å²) >= 11 is 6.09. The lowest BCUT2D eigenvalue weighted by Crippen LogP contribution is -2.55. The fourth-order valence-electron chi connectivity index (χ4n) is 4.52. The van der Waals surface area contributed by atoms with Crippen LogP contribution in [0.3, 0.4) is 0 Å². The molecule has 0 bridgehead atoms. The van der Waals surface area contributed by atoms with Gasteiger partial charge in [0.2, 0.25) is 5.91 Å². The molecule has 2 fully saturated rings. The molecule has 160 valence electrons. The minimum atomic E-state index is -0.499. The van der Waals surface area contributed by atoms with Crippen molar-refractivity contribution in [3.63, 3.8) is 0 Å². The van der Waals surface area contributed by atoms with Gasteiger partial charge in [0, 0.05) is 51.0 Å². The lowest BCUT2D eigenvalue weighted by molar-refractivity contribution is -0.143. The lowest BCUT2D eigenvalue weighted by atomic mass is 9.73. The summed E-state index contributed by atoms with van der Waals surface area (Å²) in [4.78, 5) is 18.2. The predicted octanol–water partition coefficient (Wildman–Crippen LogP) is 3.74. The molecule has 0 aromatic heterocycles. The van der Waals surface area contributed by atoms with Gasteiger partial charge in [-0.25, -0.2) is 0 Å². The van der Waals surface area contributed by atoms with Crippen LogP contribution in [-0.4, -0.2) is 62.2 Å². The molecule has 0 radical (unpaired) electrons. The Morgan fingerprint density at radius 3 is 2.23 bits per heavy atom. The number of halogens is 1. The Hall–Kier alpha value is -2.08. The number of hydrogen-bond acceptors (Lipinski definition) is 4. The summed E-state index contributed by atoms with van der Waals surface area (Å²) in [5, 5.41) is 0.695. The van der Waals surface area contributed by atoms with Crippen LogP contribution in [0.5, 0.6) is 5.75 Å². The Morgan fingerprint density at radius 2 is 1.63 bits per heavy atom. The van der Waals surface area contributed by atoms with Crippen LogP contribution >= 0.6 is 11.6 Å². The van der Waals surface area contributed by atoms with Crippen molar-refractivity contribution in [3.8, 4) is 5.75 Å². The summed E-state index contributed by atoms with van der Waals surface area (Å²) in [5.41, 5.74) is 1.82. The smallest absolute Gasteiger partial charge is 0.233 e. The van der Waals surface area contributed by atoms with Gasteiger partial charge in [0.1, 0.15) is 5.75 Å². The van der Waals surface area contributed by atoms with Crippen molar-refractivity contribution >= 4 is 17.5 Å². The SMILES string of the molecule is COc1ccc(CN2CCN(C(=O)C3(c4ccc(Cl)cc4)CCOCC3)CC2)cc1. The number of hydrogen-bond donors (Lipinski definition) is 0. The number of carbonyl (C=O) groups excluding carboxylic acids is 1. The van der Waals surface area contributed by atoms with E-state index in [-0.39, 0.29) is 5.91 Å². The summed E-state index contributed by atoms with van der Waals surface area (Å²) < 4.78 is 10.8. The first-order valence-corrected chi connectivity index (χ1v) is 11.0. The zero-order valence-electron chi connectivity index (χ0n) is 17.5. The van der Waals surface area contributed by atoms with E-state index in [2.05, 4.69) is 17.0 Å². The first-order valence-electron chi connectivity index (χ1n) is 10.6. The molecule has 0 aliphatic carbocycles. The molecule has 0 unspecified atom stereocenters. The maximum atomic E-state index is 13.7. The zero-order chi connectivity index (χ0) is 21.0. The van der Waals surface area contributed by atoms with E-state index in [1.165, 1.54) is 5.56 Å². The topological polar surface area (TPSA) is 42.0 Å². The van der Waals surface area contributed by atoms with E-state index in [0.717, 1.165) is 56.9 Å². The molecule has 2 aromatic carbocycles. The van der Waals surface area contributed by atoms with Crippen molar-refractivity contribution in [2.75, 3.05) is 46.5 Å². The highest BCUT2D eigenvalue weighted by Gasteiger charge is 2.44. The average molecular weight is 429 g/mol. The Kier molecular flexibility index (Phi) is 6.61. The molecule has 30 heavy (non-hydrogen) atoms. The van der Waals surface area contributed by atoms with Crippen molar-refractivity contribution < 1.29 is 14.3 Å². The van der Waals surface area contributed by atoms with E-state index in [1.54, 1.807) is 7.11 Å². The number of amides is 1. The third-order valence-corrected chi connectivity index (χ3v) is 6.63. The van der Waals surface area contributed by atoms with Gasteiger partial charge >= 0.3 is 0 Å². The minimum Gasteiger partial charge on any atom is -0.497 e. The molecule has 4 rings (SSSR count). The van der Waals surface area contributed by atoms with E-state index in [4.69, 9.17) is 21.1 Å². The number of benzene rings is 2. The van der Waals surface area contributed by atoms with E-state index in [0.29, 0.717) is 18.2 Å². The van der Waals surface area contributed by atoms with Crippen LogP contribution in [-0.2, 0) is 21.5 Å². The van der Waals surface area contributed by atoms with Crippen molar-refractivity contribution in [2.45, 2.75) is 24.8 Å². The van der Waals surface area contributed by atoms with E-state index in [1.807, 2.05) is 41.3 Å². The van der Waals surface area contributed by atoms with Crippen molar-refractivity contribution in [1.29, 1.82) is 0 Å². The molecule has 2 aromatic rings. The maximum Gasteiger partial charge on any atom is 0.233 e. The molecule has 5 nitrogen and oxygen atoms in total. The number of rotatable bonds is 5. The van der Waals surface area contributed by atoms with Crippen LogP contribution in [0.2, 0.25) is 5.02 Å². The summed E-state index contributed by atoms with van der Waals surface area (Å²) in [6.07, 6.45) is 1.44. The van der Waals surface area contributed by atoms with Gasteiger partial charge in [0.05, 0.1) is 12.5 Å². The highest BCUT2D eigenvalue weighted by Crippen LogP contribution is 2.37.